The molecule has 0 spiro atoms. The molecule has 0 aliphatic carbocycles. The molecular weight excluding hydrogens is 372 g/mol. The summed E-state index contributed by atoms with van der Waals surface area (Å²) in [4.78, 5) is 22.2. The summed E-state index contributed by atoms with van der Waals surface area (Å²) in [5, 5.41) is 4.57. The number of carbonyl (C=O) groups is 2. The number of carbonyl (C=O) groups excluding carboxylic acids is 2. The largest absolute Gasteiger partial charge is 0.360 e. The maximum atomic E-state index is 13.9. The zero-order valence-corrected chi connectivity index (χ0v) is 14.8. The van der Waals surface area contributed by atoms with Crippen molar-refractivity contribution in [3.8, 4) is 0 Å². The maximum Gasteiger partial charge on any atom is 0.309 e. The van der Waals surface area contributed by atoms with Crippen LogP contribution in [-0.4, -0.2) is 57.0 Å². The van der Waals surface area contributed by atoms with Gasteiger partial charge in [-0.2, -0.15) is 4.31 Å². The molecule has 1 saturated heterocycles. The minimum atomic E-state index is -4.40. The van der Waals surface area contributed by atoms with Crippen LogP contribution in [-0.2, 0) is 24.3 Å². The first-order valence-corrected chi connectivity index (χ1v) is 9.36. The van der Waals surface area contributed by atoms with Crippen LogP contribution in [0.2, 0.25) is 0 Å². The lowest BCUT2D eigenvalue weighted by molar-refractivity contribution is -0.140. The molecule has 1 fully saturated rings. The lowest BCUT2D eigenvalue weighted by atomic mass is 10.3. The highest BCUT2D eigenvalue weighted by Gasteiger charge is 2.36. The second-order valence-electron chi connectivity index (χ2n) is 5.44. The predicted molar refractivity (Wildman–Crippen MR) is 86.3 cm³/mol. The first-order valence-electron chi connectivity index (χ1n) is 7.92. The van der Waals surface area contributed by atoms with Crippen molar-refractivity contribution in [2.75, 3.05) is 26.2 Å². The molecule has 2 rings (SSSR count). The van der Waals surface area contributed by atoms with Gasteiger partial charge < -0.3 is 15.4 Å². The highest BCUT2D eigenvalue weighted by Crippen LogP contribution is 2.24. The predicted octanol–water partition coefficient (Wildman–Crippen LogP) is -0.0458. The van der Waals surface area contributed by atoms with E-state index in [-0.39, 0.29) is 26.2 Å². The quantitative estimate of drug-likeness (QED) is 0.685. The van der Waals surface area contributed by atoms with Crippen LogP contribution in [0.25, 0.3) is 0 Å². The number of hydrogen-bond acceptors (Lipinski definition) is 5. The number of nitrogens with zero attached hydrogens (tertiary/aromatic N) is 1. The van der Waals surface area contributed by atoms with Gasteiger partial charge in [0.1, 0.15) is 22.8 Å². The number of nitrogens with one attached hydrogen (secondary N) is 2. The van der Waals surface area contributed by atoms with Crippen LogP contribution in [0.15, 0.2) is 23.1 Å². The van der Waals surface area contributed by atoms with E-state index in [1.54, 1.807) is 6.92 Å². The minimum Gasteiger partial charge on any atom is -0.360 e. The molecule has 0 radical (unpaired) electrons. The average molecular weight is 391 g/mol. The molecule has 2 amide bonds. The zero-order valence-electron chi connectivity index (χ0n) is 14.0. The molecule has 0 saturated carbocycles. The molecule has 1 aromatic rings. The van der Waals surface area contributed by atoms with Crippen LogP contribution in [0, 0.1) is 11.6 Å². The molecular formula is C15H19F2N3O5S. The zero-order chi connectivity index (χ0) is 19.3. The van der Waals surface area contributed by atoms with E-state index < -0.39 is 44.6 Å². The molecule has 2 N–H and O–H groups in total. The molecule has 1 atom stereocenters. The van der Waals surface area contributed by atoms with E-state index in [0.717, 1.165) is 16.4 Å². The molecule has 1 aliphatic heterocycles. The van der Waals surface area contributed by atoms with Crippen LogP contribution in [0.4, 0.5) is 8.78 Å². The van der Waals surface area contributed by atoms with Crippen LogP contribution in [0.5, 0.6) is 0 Å². The standard InChI is InChI=1S/C15H19F2N3O5S/c1-2-18-14(21)15(22)19-9-13-20(6-3-7-25-13)26(23,24)12-8-10(16)4-5-11(12)17/h4-5,8,13H,2-3,6-7,9H2,1H3,(H,18,21)(H,19,22)/t13-/m1/s1. The third kappa shape index (κ3) is 4.54. The summed E-state index contributed by atoms with van der Waals surface area (Å²) in [5.41, 5.74) is 0. The van der Waals surface area contributed by atoms with Crippen LogP contribution in [0.1, 0.15) is 13.3 Å². The van der Waals surface area contributed by atoms with Gasteiger partial charge in [-0.25, -0.2) is 17.2 Å². The number of ether oxygens (including phenoxy) is 1. The molecule has 8 nitrogen and oxygen atoms in total. The summed E-state index contributed by atoms with van der Waals surface area (Å²) in [6, 6.07) is 2.12. The van der Waals surface area contributed by atoms with Crippen molar-refractivity contribution in [2.24, 2.45) is 0 Å². The molecule has 1 aliphatic rings. The van der Waals surface area contributed by atoms with Gasteiger partial charge in [-0.3, -0.25) is 9.59 Å². The first-order chi connectivity index (χ1) is 12.3. The van der Waals surface area contributed by atoms with Gasteiger partial charge in [0.05, 0.1) is 13.2 Å². The van der Waals surface area contributed by atoms with Gasteiger partial charge in [0.15, 0.2) is 0 Å². The van der Waals surface area contributed by atoms with Crippen molar-refractivity contribution in [3.05, 3.63) is 29.8 Å². The molecule has 0 unspecified atom stereocenters. The third-order valence-corrected chi connectivity index (χ3v) is 5.52. The Morgan fingerprint density at radius 1 is 1.27 bits per heavy atom. The number of benzene rings is 1. The Labute approximate surface area is 149 Å². The molecule has 1 heterocycles. The van der Waals surface area contributed by atoms with Gasteiger partial charge >= 0.3 is 11.8 Å². The van der Waals surface area contributed by atoms with Crippen molar-refractivity contribution >= 4 is 21.8 Å². The van der Waals surface area contributed by atoms with Crippen LogP contribution >= 0.6 is 0 Å². The van der Waals surface area contributed by atoms with Crippen molar-refractivity contribution in [2.45, 2.75) is 24.5 Å². The van der Waals surface area contributed by atoms with Gasteiger partial charge in [0.25, 0.3) is 0 Å². The van der Waals surface area contributed by atoms with Crippen molar-refractivity contribution in [3.63, 3.8) is 0 Å². The van der Waals surface area contributed by atoms with E-state index in [9.17, 15) is 26.8 Å². The summed E-state index contributed by atoms with van der Waals surface area (Å²) in [7, 11) is -4.40. The summed E-state index contributed by atoms with van der Waals surface area (Å²) < 4.78 is 58.9. The van der Waals surface area contributed by atoms with E-state index in [1.807, 2.05) is 0 Å². The Kier molecular flexibility index (Phi) is 6.62. The summed E-state index contributed by atoms with van der Waals surface area (Å²) >= 11 is 0. The molecule has 0 bridgehead atoms. The summed E-state index contributed by atoms with van der Waals surface area (Å²) in [5.74, 6) is -3.81. The number of halogens is 2. The van der Waals surface area contributed by atoms with E-state index in [0.29, 0.717) is 12.5 Å². The highest BCUT2D eigenvalue weighted by atomic mass is 32.2. The molecule has 1 aromatic carbocycles. The van der Waals surface area contributed by atoms with Gasteiger partial charge in [-0.1, -0.05) is 0 Å². The fourth-order valence-electron chi connectivity index (χ4n) is 2.40. The molecule has 11 heteroatoms. The number of likely N-dealkylation sites (N-methyl/N-ethyl adjacent to an activating group) is 1. The molecule has 144 valence electrons. The number of rotatable bonds is 5. The van der Waals surface area contributed by atoms with Crippen molar-refractivity contribution in [1.29, 1.82) is 0 Å². The Hall–Kier alpha value is -2.11. The van der Waals surface area contributed by atoms with Gasteiger partial charge in [-0.05, 0) is 31.5 Å². The second kappa shape index (κ2) is 8.52. The van der Waals surface area contributed by atoms with Crippen molar-refractivity contribution in [1.82, 2.24) is 14.9 Å². The third-order valence-electron chi connectivity index (χ3n) is 3.61. The Balaban J connectivity index is 2.18. The SMILES string of the molecule is CCNC(=O)C(=O)NC[C@H]1OCCCN1S(=O)(=O)c1cc(F)ccc1F. The highest BCUT2D eigenvalue weighted by molar-refractivity contribution is 7.89. The number of sulfonamides is 1. The molecule has 0 aromatic heterocycles. The smallest absolute Gasteiger partial charge is 0.309 e. The van der Waals surface area contributed by atoms with Gasteiger partial charge in [0.2, 0.25) is 10.0 Å². The van der Waals surface area contributed by atoms with E-state index in [2.05, 4.69) is 10.6 Å². The molecule has 26 heavy (non-hydrogen) atoms. The summed E-state index contributed by atoms with van der Waals surface area (Å²) in [6.07, 6.45) is -0.800. The lowest BCUT2D eigenvalue weighted by Crippen LogP contribution is -2.53. The van der Waals surface area contributed by atoms with Gasteiger partial charge in [-0.15, -0.1) is 0 Å². The topological polar surface area (TPSA) is 105 Å². The van der Waals surface area contributed by atoms with Crippen LogP contribution in [0.3, 0.4) is 0 Å². The number of amides is 2. The minimum absolute atomic E-state index is 0.0000196. The summed E-state index contributed by atoms with van der Waals surface area (Å²) in [6.45, 7) is 1.80. The van der Waals surface area contributed by atoms with Crippen molar-refractivity contribution < 1.29 is 31.5 Å². The van der Waals surface area contributed by atoms with E-state index in [1.165, 1.54) is 0 Å². The van der Waals surface area contributed by atoms with E-state index >= 15 is 0 Å². The fraction of sp³-hybridized carbons (Fsp3) is 0.467. The monoisotopic (exact) mass is 391 g/mol. The second-order valence-corrected chi connectivity index (χ2v) is 7.30. The van der Waals surface area contributed by atoms with Gasteiger partial charge in [0, 0.05) is 13.1 Å². The Morgan fingerprint density at radius 2 is 1.96 bits per heavy atom. The fourth-order valence-corrected chi connectivity index (χ4v) is 4.05. The lowest BCUT2D eigenvalue weighted by Gasteiger charge is -2.34. The maximum absolute atomic E-state index is 13.9. The normalized spacial score (nSPS) is 18.3. The number of hydrogen-bond donors (Lipinski definition) is 2. The average Bonchev–Trinajstić information content (AvgIpc) is 2.62. The Morgan fingerprint density at radius 3 is 2.65 bits per heavy atom. The first kappa shape index (κ1) is 20.2. The van der Waals surface area contributed by atoms with Crippen LogP contribution < -0.4 is 10.6 Å². The van der Waals surface area contributed by atoms with E-state index in [4.69, 9.17) is 4.74 Å². The Bertz CT molecular complexity index is 787.